The van der Waals surface area contributed by atoms with Crippen LogP contribution in [-0.2, 0) is 16.1 Å². The normalized spacial score (nSPS) is 14.4. The van der Waals surface area contributed by atoms with Gasteiger partial charge in [-0.1, -0.05) is 72.0 Å². The molecule has 1 aliphatic heterocycles. The molecule has 4 aromatic carbocycles. The summed E-state index contributed by atoms with van der Waals surface area (Å²) < 4.78 is 47.5. The highest BCUT2D eigenvalue weighted by molar-refractivity contribution is 9.10. The van der Waals surface area contributed by atoms with Crippen molar-refractivity contribution < 1.29 is 27.8 Å². The van der Waals surface area contributed by atoms with Gasteiger partial charge in [-0.2, -0.15) is 0 Å². The van der Waals surface area contributed by atoms with Crippen LogP contribution in [-0.4, -0.2) is 24.3 Å². The summed E-state index contributed by atoms with van der Waals surface area (Å²) in [5, 5.41) is 0. The van der Waals surface area contributed by atoms with E-state index < -0.39 is 23.4 Å². The molecule has 1 unspecified atom stereocenters. The van der Waals surface area contributed by atoms with E-state index in [0.29, 0.717) is 53.3 Å². The van der Waals surface area contributed by atoms with Crippen molar-refractivity contribution in [1.82, 2.24) is 4.57 Å². The van der Waals surface area contributed by atoms with Crippen LogP contribution in [0.1, 0.15) is 35.2 Å². The summed E-state index contributed by atoms with van der Waals surface area (Å²) in [4.78, 5) is 32.9. The lowest BCUT2D eigenvalue weighted by Crippen LogP contribution is -2.40. The molecule has 0 radical (unpaired) electrons. The minimum absolute atomic E-state index is 0.0183. The zero-order valence-corrected chi connectivity index (χ0v) is 27.6. The van der Waals surface area contributed by atoms with Gasteiger partial charge in [0, 0.05) is 11.1 Å². The molecule has 6 rings (SSSR count). The van der Waals surface area contributed by atoms with Gasteiger partial charge >= 0.3 is 5.97 Å². The molecule has 1 aliphatic rings. The number of esters is 1. The van der Waals surface area contributed by atoms with Gasteiger partial charge in [0.25, 0.3) is 5.56 Å². The average molecular weight is 718 g/mol. The standard InChI is InChI=1S/C36H27BrF2N2O5S/c1-3-45-35(43)30-31(22-9-5-4-6-10-22)40-36-41(32(30)23-13-15-25(38)16-14-23)34(42)29(47-36)19-21-17-26(37)33(28(18-21)44-2)46-20-24-11-7-8-12-27(24)39/h4-19,32H,3,20H2,1-2H3/b29-19+. The number of halogens is 3. The summed E-state index contributed by atoms with van der Waals surface area (Å²) in [5.41, 5.74) is 2.33. The number of thiazole rings is 1. The summed E-state index contributed by atoms with van der Waals surface area (Å²) >= 11 is 4.69. The second-order valence-electron chi connectivity index (χ2n) is 10.4. The number of hydrogen-bond donors (Lipinski definition) is 0. The summed E-state index contributed by atoms with van der Waals surface area (Å²) in [6.07, 6.45) is 1.69. The monoisotopic (exact) mass is 716 g/mol. The Morgan fingerprint density at radius 3 is 2.45 bits per heavy atom. The molecular formula is C36H27BrF2N2O5S. The first kappa shape index (κ1) is 32.1. The van der Waals surface area contributed by atoms with E-state index in [1.165, 1.54) is 29.9 Å². The molecule has 0 amide bonds. The third-order valence-electron chi connectivity index (χ3n) is 7.44. The van der Waals surface area contributed by atoms with Crippen molar-refractivity contribution in [2.45, 2.75) is 19.6 Å². The Bertz CT molecular complexity index is 2180. The maximum Gasteiger partial charge on any atom is 0.338 e. The van der Waals surface area contributed by atoms with Crippen LogP contribution in [0.5, 0.6) is 11.5 Å². The van der Waals surface area contributed by atoms with Crippen LogP contribution in [0.4, 0.5) is 8.78 Å². The van der Waals surface area contributed by atoms with Gasteiger partial charge in [-0.25, -0.2) is 18.6 Å². The number of benzene rings is 4. The lowest BCUT2D eigenvalue weighted by molar-refractivity contribution is -0.138. The van der Waals surface area contributed by atoms with E-state index in [9.17, 15) is 18.4 Å². The molecule has 5 aromatic rings. The molecule has 1 atom stereocenters. The molecule has 0 saturated heterocycles. The number of rotatable bonds is 9. The van der Waals surface area contributed by atoms with Gasteiger partial charge in [0.05, 0.1) is 40.0 Å². The SMILES string of the molecule is CCOC(=O)C1=C(c2ccccc2)N=c2s/c(=C/c3cc(Br)c(OCc4ccccc4F)c(OC)c3)c(=O)n2C1c1ccc(F)cc1. The summed E-state index contributed by atoms with van der Waals surface area (Å²) in [6.45, 7) is 1.79. The predicted molar refractivity (Wildman–Crippen MR) is 179 cm³/mol. The van der Waals surface area contributed by atoms with E-state index >= 15 is 0 Å². The highest BCUT2D eigenvalue weighted by Gasteiger charge is 2.35. The molecule has 0 saturated carbocycles. The van der Waals surface area contributed by atoms with Crippen LogP contribution >= 0.6 is 27.3 Å². The first-order valence-corrected chi connectivity index (χ1v) is 16.2. The first-order valence-electron chi connectivity index (χ1n) is 14.6. The van der Waals surface area contributed by atoms with Gasteiger partial charge in [-0.15, -0.1) is 0 Å². The molecular weight excluding hydrogens is 690 g/mol. The molecule has 0 spiro atoms. The van der Waals surface area contributed by atoms with Gasteiger partial charge < -0.3 is 14.2 Å². The third kappa shape index (κ3) is 6.54. The van der Waals surface area contributed by atoms with Crippen LogP contribution in [0, 0.1) is 11.6 Å². The molecule has 238 valence electrons. The third-order valence-corrected chi connectivity index (χ3v) is 9.01. The number of nitrogens with zero attached hydrogens (tertiary/aromatic N) is 2. The molecule has 2 heterocycles. The molecule has 0 N–H and O–H groups in total. The quantitative estimate of drug-likeness (QED) is 0.162. The lowest BCUT2D eigenvalue weighted by Gasteiger charge is -2.25. The second kappa shape index (κ2) is 13.9. The van der Waals surface area contributed by atoms with Crippen molar-refractivity contribution >= 4 is 45.0 Å². The van der Waals surface area contributed by atoms with E-state index in [2.05, 4.69) is 15.9 Å². The number of carbonyl (C=O) groups excluding carboxylic acids is 1. The zero-order valence-electron chi connectivity index (χ0n) is 25.2. The summed E-state index contributed by atoms with van der Waals surface area (Å²) in [5.74, 6) is -0.715. The van der Waals surface area contributed by atoms with Crippen molar-refractivity contribution in [2.75, 3.05) is 13.7 Å². The summed E-state index contributed by atoms with van der Waals surface area (Å²) in [6, 6.07) is 23.7. The Balaban J connectivity index is 1.49. The lowest BCUT2D eigenvalue weighted by atomic mass is 9.93. The van der Waals surface area contributed by atoms with Crippen molar-refractivity contribution in [1.29, 1.82) is 0 Å². The van der Waals surface area contributed by atoms with E-state index in [4.69, 9.17) is 19.2 Å². The molecule has 0 bridgehead atoms. The van der Waals surface area contributed by atoms with Crippen LogP contribution in [0.2, 0.25) is 0 Å². The molecule has 47 heavy (non-hydrogen) atoms. The Morgan fingerprint density at radius 2 is 1.74 bits per heavy atom. The van der Waals surface area contributed by atoms with Gasteiger partial charge in [-0.3, -0.25) is 9.36 Å². The minimum atomic E-state index is -0.932. The van der Waals surface area contributed by atoms with Crippen LogP contribution in [0.25, 0.3) is 11.8 Å². The second-order valence-corrected chi connectivity index (χ2v) is 12.3. The van der Waals surface area contributed by atoms with Gasteiger partial charge in [0.2, 0.25) is 0 Å². The van der Waals surface area contributed by atoms with Crippen molar-refractivity contribution in [3.8, 4) is 11.5 Å². The molecule has 1 aromatic heterocycles. The topological polar surface area (TPSA) is 79.1 Å². The Kier molecular flexibility index (Phi) is 9.46. The Morgan fingerprint density at radius 1 is 1.02 bits per heavy atom. The van der Waals surface area contributed by atoms with E-state index in [1.807, 2.05) is 30.3 Å². The predicted octanol–water partition coefficient (Wildman–Crippen LogP) is 6.56. The van der Waals surface area contributed by atoms with Crippen LogP contribution in [0.15, 0.2) is 111 Å². The number of carbonyl (C=O) groups is 1. The number of ether oxygens (including phenoxy) is 3. The molecule has 0 aliphatic carbocycles. The van der Waals surface area contributed by atoms with Crippen molar-refractivity contribution in [2.24, 2.45) is 4.99 Å². The largest absolute Gasteiger partial charge is 0.493 e. The summed E-state index contributed by atoms with van der Waals surface area (Å²) in [7, 11) is 1.49. The zero-order chi connectivity index (χ0) is 33.1. The molecule has 0 fully saturated rings. The highest BCUT2D eigenvalue weighted by Crippen LogP contribution is 2.38. The number of methoxy groups -OCH3 is 1. The fourth-order valence-corrected chi connectivity index (χ4v) is 6.86. The fraction of sp³-hybridized carbons (Fsp3) is 0.139. The van der Waals surface area contributed by atoms with Gasteiger partial charge in [0.1, 0.15) is 18.2 Å². The highest BCUT2D eigenvalue weighted by atomic mass is 79.9. The van der Waals surface area contributed by atoms with E-state index in [0.717, 1.165) is 11.3 Å². The number of fused-ring (bicyclic) bond motifs is 1. The maximum atomic E-state index is 14.2. The first-order chi connectivity index (χ1) is 22.8. The average Bonchev–Trinajstić information content (AvgIpc) is 3.38. The van der Waals surface area contributed by atoms with Gasteiger partial charge in [-0.05, 0) is 70.4 Å². The molecule has 11 heteroatoms. The number of hydrogen-bond acceptors (Lipinski definition) is 7. The fourth-order valence-electron chi connectivity index (χ4n) is 5.28. The molecule has 7 nitrogen and oxygen atoms in total. The van der Waals surface area contributed by atoms with E-state index in [1.54, 1.807) is 55.5 Å². The minimum Gasteiger partial charge on any atom is -0.493 e. The Labute approximate surface area is 280 Å². The van der Waals surface area contributed by atoms with Crippen LogP contribution < -0.4 is 24.4 Å². The van der Waals surface area contributed by atoms with Gasteiger partial charge in [0.15, 0.2) is 16.3 Å². The van der Waals surface area contributed by atoms with Crippen LogP contribution in [0.3, 0.4) is 0 Å². The Hall–Kier alpha value is -4.87. The smallest absolute Gasteiger partial charge is 0.338 e. The van der Waals surface area contributed by atoms with Crippen molar-refractivity contribution in [3.63, 3.8) is 0 Å². The maximum absolute atomic E-state index is 14.2. The van der Waals surface area contributed by atoms with Crippen molar-refractivity contribution in [3.05, 3.63) is 155 Å². The van der Waals surface area contributed by atoms with E-state index in [-0.39, 0.29) is 24.6 Å². The number of aromatic nitrogens is 1.